The highest BCUT2D eigenvalue weighted by Crippen LogP contribution is 2.34. The maximum absolute atomic E-state index is 9.10. The fourth-order valence-corrected chi connectivity index (χ4v) is 1.85. The normalized spacial score (nSPS) is 26.4. The summed E-state index contributed by atoms with van der Waals surface area (Å²) in [5, 5.41) is 12.5. The minimum Gasteiger partial charge on any atom is -0.394 e. The molecule has 1 aliphatic heterocycles. The Morgan fingerprint density at radius 2 is 2.00 bits per heavy atom. The zero-order valence-electron chi connectivity index (χ0n) is 8.67. The van der Waals surface area contributed by atoms with Gasteiger partial charge < -0.3 is 15.2 Å². The SMILES string of the molecule is OCC1(NCCN2CCOCC2)CC1. The standard InChI is InChI=1S/C10H20N2O2/c13-9-10(1-2-10)11-3-4-12-5-7-14-8-6-12/h11,13H,1-9H2. The smallest absolute Gasteiger partial charge is 0.0613 e. The van der Waals surface area contributed by atoms with Crippen LogP contribution in [0.5, 0.6) is 0 Å². The van der Waals surface area contributed by atoms with Crippen molar-refractivity contribution in [2.24, 2.45) is 0 Å². The molecule has 0 atom stereocenters. The largest absolute Gasteiger partial charge is 0.394 e. The van der Waals surface area contributed by atoms with Crippen molar-refractivity contribution in [2.75, 3.05) is 46.0 Å². The van der Waals surface area contributed by atoms with Crippen molar-refractivity contribution in [3.63, 3.8) is 0 Å². The zero-order valence-corrected chi connectivity index (χ0v) is 8.67. The van der Waals surface area contributed by atoms with E-state index in [2.05, 4.69) is 10.2 Å². The number of ether oxygens (including phenoxy) is 1. The second-order valence-corrected chi connectivity index (χ2v) is 4.32. The minimum absolute atomic E-state index is 0.0896. The number of morpholine rings is 1. The number of aliphatic hydroxyl groups is 1. The highest BCUT2D eigenvalue weighted by atomic mass is 16.5. The lowest BCUT2D eigenvalue weighted by Crippen LogP contribution is -2.44. The molecule has 1 heterocycles. The first-order valence-corrected chi connectivity index (χ1v) is 5.51. The molecule has 0 radical (unpaired) electrons. The van der Waals surface area contributed by atoms with Gasteiger partial charge in [-0.2, -0.15) is 0 Å². The Morgan fingerprint density at radius 1 is 1.29 bits per heavy atom. The second-order valence-electron chi connectivity index (χ2n) is 4.32. The highest BCUT2D eigenvalue weighted by Gasteiger charge is 2.41. The van der Waals surface area contributed by atoms with E-state index in [0.29, 0.717) is 0 Å². The first-order chi connectivity index (χ1) is 6.85. The lowest BCUT2D eigenvalue weighted by atomic mass is 10.3. The number of nitrogens with one attached hydrogen (secondary N) is 1. The highest BCUT2D eigenvalue weighted by molar-refractivity contribution is 5.01. The first-order valence-electron chi connectivity index (χ1n) is 5.51. The van der Waals surface area contributed by atoms with Crippen molar-refractivity contribution in [1.29, 1.82) is 0 Å². The fourth-order valence-electron chi connectivity index (χ4n) is 1.85. The monoisotopic (exact) mass is 200 g/mol. The van der Waals surface area contributed by atoms with Crippen LogP contribution in [0, 0.1) is 0 Å². The Morgan fingerprint density at radius 3 is 2.57 bits per heavy atom. The first kappa shape index (κ1) is 10.4. The van der Waals surface area contributed by atoms with E-state index < -0.39 is 0 Å². The Kier molecular flexibility index (Phi) is 3.38. The van der Waals surface area contributed by atoms with E-state index in [-0.39, 0.29) is 12.1 Å². The van der Waals surface area contributed by atoms with Crippen molar-refractivity contribution < 1.29 is 9.84 Å². The van der Waals surface area contributed by atoms with Crippen molar-refractivity contribution in [3.05, 3.63) is 0 Å². The van der Waals surface area contributed by atoms with Gasteiger partial charge in [0.25, 0.3) is 0 Å². The number of hydrogen-bond acceptors (Lipinski definition) is 4. The Bertz CT molecular complexity index is 177. The number of hydrogen-bond donors (Lipinski definition) is 2. The molecule has 0 bridgehead atoms. The van der Waals surface area contributed by atoms with E-state index in [1.165, 1.54) is 0 Å². The van der Waals surface area contributed by atoms with E-state index >= 15 is 0 Å². The van der Waals surface area contributed by atoms with E-state index in [1.54, 1.807) is 0 Å². The molecule has 0 unspecified atom stereocenters. The van der Waals surface area contributed by atoms with E-state index in [0.717, 1.165) is 52.2 Å². The van der Waals surface area contributed by atoms with Crippen LogP contribution in [0.25, 0.3) is 0 Å². The molecule has 2 rings (SSSR count). The van der Waals surface area contributed by atoms with E-state index in [4.69, 9.17) is 9.84 Å². The summed E-state index contributed by atoms with van der Waals surface area (Å²) in [5.74, 6) is 0. The summed E-state index contributed by atoms with van der Waals surface area (Å²) in [7, 11) is 0. The fraction of sp³-hybridized carbons (Fsp3) is 1.00. The maximum Gasteiger partial charge on any atom is 0.0613 e. The molecule has 82 valence electrons. The van der Waals surface area contributed by atoms with Crippen LogP contribution in [0.2, 0.25) is 0 Å². The molecule has 1 saturated carbocycles. The average molecular weight is 200 g/mol. The summed E-state index contributed by atoms with van der Waals surface area (Å²) in [6, 6.07) is 0. The second kappa shape index (κ2) is 4.57. The molecule has 0 aromatic rings. The van der Waals surface area contributed by atoms with Crippen molar-refractivity contribution >= 4 is 0 Å². The molecule has 0 aromatic heterocycles. The van der Waals surface area contributed by atoms with Gasteiger partial charge in [-0.3, -0.25) is 4.90 Å². The van der Waals surface area contributed by atoms with Crippen LogP contribution in [0.15, 0.2) is 0 Å². The summed E-state index contributed by atoms with van der Waals surface area (Å²) in [6.45, 7) is 6.18. The molecule has 0 amide bonds. The summed E-state index contributed by atoms with van der Waals surface area (Å²) in [5.41, 5.74) is 0.0896. The van der Waals surface area contributed by atoms with Gasteiger partial charge >= 0.3 is 0 Å². The summed E-state index contributed by atoms with van der Waals surface area (Å²) < 4.78 is 5.28. The zero-order chi connectivity index (χ0) is 9.86. The molecule has 4 nitrogen and oxygen atoms in total. The van der Waals surface area contributed by atoms with Crippen LogP contribution < -0.4 is 5.32 Å². The lowest BCUT2D eigenvalue weighted by molar-refractivity contribution is 0.0377. The third kappa shape index (κ3) is 2.67. The predicted octanol–water partition coefficient (Wildman–Crippen LogP) is -0.567. The quantitative estimate of drug-likeness (QED) is 0.624. The van der Waals surface area contributed by atoms with Crippen LogP contribution >= 0.6 is 0 Å². The third-order valence-corrected chi connectivity index (χ3v) is 3.19. The molecular formula is C10H20N2O2. The van der Waals surface area contributed by atoms with Crippen molar-refractivity contribution in [3.8, 4) is 0 Å². The van der Waals surface area contributed by atoms with Gasteiger partial charge in [0.2, 0.25) is 0 Å². The van der Waals surface area contributed by atoms with Crippen LogP contribution in [-0.2, 0) is 4.74 Å². The van der Waals surface area contributed by atoms with Gasteiger partial charge in [-0.15, -0.1) is 0 Å². The summed E-state index contributed by atoms with van der Waals surface area (Å²) in [4.78, 5) is 2.41. The molecule has 4 heteroatoms. The van der Waals surface area contributed by atoms with Gasteiger partial charge in [-0.1, -0.05) is 0 Å². The Balaban J connectivity index is 1.58. The molecule has 2 aliphatic rings. The van der Waals surface area contributed by atoms with Gasteiger partial charge in [0.15, 0.2) is 0 Å². The lowest BCUT2D eigenvalue weighted by Gasteiger charge is -2.27. The van der Waals surface area contributed by atoms with Gasteiger partial charge in [0, 0.05) is 31.7 Å². The molecule has 2 N–H and O–H groups in total. The number of rotatable bonds is 5. The van der Waals surface area contributed by atoms with Crippen molar-refractivity contribution in [2.45, 2.75) is 18.4 Å². The molecule has 0 aromatic carbocycles. The Hall–Kier alpha value is -0.160. The molecule has 1 saturated heterocycles. The Labute approximate surface area is 85.2 Å². The average Bonchev–Trinajstić information content (AvgIpc) is 3.00. The maximum atomic E-state index is 9.10. The van der Waals surface area contributed by atoms with Gasteiger partial charge in [0.05, 0.1) is 19.8 Å². The summed E-state index contributed by atoms with van der Waals surface area (Å²) >= 11 is 0. The molecular weight excluding hydrogens is 180 g/mol. The van der Waals surface area contributed by atoms with E-state index in [1.807, 2.05) is 0 Å². The molecule has 1 aliphatic carbocycles. The van der Waals surface area contributed by atoms with Crippen LogP contribution in [-0.4, -0.2) is 61.5 Å². The summed E-state index contributed by atoms with van der Waals surface area (Å²) in [6.07, 6.45) is 2.26. The molecule has 0 spiro atoms. The predicted molar refractivity (Wildman–Crippen MR) is 54.3 cm³/mol. The topological polar surface area (TPSA) is 44.7 Å². The van der Waals surface area contributed by atoms with Crippen LogP contribution in [0.1, 0.15) is 12.8 Å². The van der Waals surface area contributed by atoms with Crippen molar-refractivity contribution in [1.82, 2.24) is 10.2 Å². The van der Waals surface area contributed by atoms with E-state index in [9.17, 15) is 0 Å². The van der Waals surface area contributed by atoms with Gasteiger partial charge in [0.1, 0.15) is 0 Å². The molecule has 2 fully saturated rings. The third-order valence-electron chi connectivity index (χ3n) is 3.19. The number of aliphatic hydroxyl groups excluding tert-OH is 1. The van der Waals surface area contributed by atoms with Crippen LogP contribution in [0.3, 0.4) is 0 Å². The molecule has 14 heavy (non-hydrogen) atoms. The minimum atomic E-state index is 0.0896. The van der Waals surface area contributed by atoms with Gasteiger partial charge in [-0.25, -0.2) is 0 Å². The van der Waals surface area contributed by atoms with Crippen LogP contribution in [0.4, 0.5) is 0 Å². The van der Waals surface area contributed by atoms with Gasteiger partial charge in [-0.05, 0) is 12.8 Å². The number of nitrogens with zero attached hydrogens (tertiary/aromatic N) is 1.